The first-order valence-corrected chi connectivity index (χ1v) is 14.1. The predicted octanol–water partition coefficient (Wildman–Crippen LogP) is 6.64. The van der Waals surface area contributed by atoms with E-state index in [9.17, 15) is 9.18 Å². The number of benzene rings is 2. The van der Waals surface area contributed by atoms with E-state index in [-0.39, 0.29) is 18.0 Å². The first-order valence-electron chi connectivity index (χ1n) is 13.3. The molecule has 2 aromatic carbocycles. The van der Waals surface area contributed by atoms with Crippen molar-refractivity contribution in [3.8, 4) is 21.8 Å². The Morgan fingerprint density at radius 3 is 2.48 bits per heavy atom. The molecule has 0 spiro atoms. The highest BCUT2D eigenvalue weighted by atomic mass is 32.1. The normalized spacial score (nSPS) is 14.6. The van der Waals surface area contributed by atoms with Gasteiger partial charge in [0.25, 0.3) is 0 Å². The summed E-state index contributed by atoms with van der Waals surface area (Å²) in [5.74, 6) is 0.172. The summed E-state index contributed by atoms with van der Waals surface area (Å²) in [5, 5.41) is 4.18. The van der Waals surface area contributed by atoms with Crippen LogP contribution in [-0.2, 0) is 4.74 Å². The Morgan fingerprint density at radius 1 is 1.02 bits per heavy atom. The third-order valence-corrected chi connectivity index (χ3v) is 7.59. The molecule has 1 fully saturated rings. The molecule has 1 N–H and O–H groups in total. The van der Waals surface area contributed by atoms with Crippen LogP contribution in [0.3, 0.4) is 0 Å². The van der Waals surface area contributed by atoms with Gasteiger partial charge in [-0.15, -0.1) is 0 Å². The molecule has 1 unspecified atom stereocenters. The predicted molar refractivity (Wildman–Crippen MR) is 157 cm³/mol. The van der Waals surface area contributed by atoms with E-state index in [1.807, 2.05) is 51.1 Å². The average Bonchev–Trinajstić information content (AvgIpc) is 3.39. The number of nitrogens with one attached hydrogen (secondary N) is 1. The number of amides is 1. The summed E-state index contributed by atoms with van der Waals surface area (Å²) in [6.07, 6.45) is 1.41. The van der Waals surface area contributed by atoms with Crippen molar-refractivity contribution < 1.29 is 13.9 Å². The van der Waals surface area contributed by atoms with Crippen LogP contribution in [0.25, 0.3) is 21.8 Å². The zero-order chi connectivity index (χ0) is 28.3. The van der Waals surface area contributed by atoms with E-state index in [4.69, 9.17) is 14.7 Å². The van der Waals surface area contributed by atoms with Crippen molar-refractivity contribution in [3.05, 3.63) is 78.2 Å². The maximum absolute atomic E-state index is 14.2. The second kappa shape index (κ2) is 11.6. The van der Waals surface area contributed by atoms with Gasteiger partial charge in [-0.3, -0.25) is 0 Å². The van der Waals surface area contributed by atoms with Crippen molar-refractivity contribution >= 4 is 28.5 Å². The number of ether oxygens (including phenoxy) is 1. The molecule has 3 heterocycles. The van der Waals surface area contributed by atoms with Gasteiger partial charge in [0.15, 0.2) is 5.13 Å². The van der Waals surface area contributed by atoms with Crippen molar-refractivity contribution in [2.24, 2.45) is 0 Å². The zero-order valence-electron chi connectivity index (χ0n) is 23.1. The number of anilines is 2. The Morgan fingerprint density at radius 2 is 1.77 bits per heavy atom. The van der Waals surface area contributed by atoms with Crippen LogP contribution in [0.1, 0.15) is 39.3 Å². The second-order valence-corrected chi connectivity index (χ2v) is 11.7. The molecular formula is C30H33FN6O2S. The van der Waals surface area contributed by atoms with Gasteiger partial charge in [0.1, 0.15) is 11.4 Å². The van der Waals surface area contributed by atoms with E-state index in [0.29, 0.717) is 49.1 Å². The lowest BCUT2D eigenvalue weighted by molar-refractivity contribution is 0.0240. The molecule has 1 atom stereocenters. The van der Waals surface area contributed by atoms with E-state index in [1.54, 1.807) is 17.2 Å². The van der Waals surface area contributed by atoms with Gasteiger partial charge in [-0.2, -0.15) is 0 Å². The average molecular weight is 561 g/mol. The summed E-state index contributed by atoms with van der Waals surface area (Å²) >= 11 is 1.50. The Labute approximate surface area is 237 Å². The van der Waals surface area contributed by atoms with Crippen LogP contribution < -0.4 is 10.2 Å². The Bertz CT molecular complexity index is 1460. The summed E-state index contributed by atoms with van der Waals surface area (Å²) in [6, 6.07) is 18.4. The van der Waals surface area contributed by atoms with Gasteiger partial charge >= 0.3 is 6.09 Å². The van der Waals surface area contributed by atoms with Gasteiger partial charge in [-0.1, -0.05) is 53.8 Å². The van der Waals surface area contributed by atoms with E-state index in [2.05, 4.69) is 34.3 Å². The lowest BCUT2D eigenvalue weighted by Crippen LogP contribution is -2.50. The smallest absolute Gasteiger partial charge is 0.410 e. The number of carbonyl (C=O) groups excluding carboxylic acids is 1. The molecule has 0 saturated carbocycles. The molecule has 1 aliphatic rings. The van der Waals surface area contributed by atoms with Crippen LogP contribution in [0.15, 0.2) is 66.9 Å². The van der Waals surface area contributed by atoms with Gasteiger partial charge in [0.05, 0.1) is 22.3 Å². The summed E-state index contributed by atoms with van der Waals surface area (Å²) in [7, 11) is 0. The summed E-state index contributed by atoms with van der Waals surface area (Å²) in [5.41, 5.74) is 2.63. The van der Waals surface area contributed by atoms with E-state index in [0.717, 1.165) is 15.6 Å². The molecule has 0 bridgehead atoms. The number of nitrogens with zero attached hydrogens (tertiary/aromatic N) is 5. The molecule has 4 aromatic rings. The Hall–Kier alpha value is -4.05. The first kappa shape index (κ1) is 27.5. The zero-order valence-corrected chi connectivity index (χ0v) is 23.9. The number of thiazole rings is 1. The molecule has 0 radical (unpaired) electrons. The summed E-state index contributed by atoms with van der Waals surface area (Å²) in [6.45, 7) is 9.93. The van der Waals surface area contributed by atoms with Gasteiger partial charge in [0, 0.05) is 37.9 Å². The minimum absolute atomic E-state index is 0.0115. The molecule has 1 saturated heterocycles. The lowest BCUT2D eigenvalue weighted by Gasteiger charge is -2.35. The quantitative estimate of drug-likeness (QED) is 0.283. The summed E-state index contributed by atoms with van der Waals surface area (Å²) in [4.78, 5) is 31.4. The molecule has 40 heavy (non-hydrogen) atoms. The Kier molecular flexibility index (Phi) is 7.97. The van der Waals surface area contributed by atoms with Gasteiger partial charge in [0.2, 0.25) is 5.95 Å². The topological polar surface area (TPSA) is 83.5 Å². The first-order chi connectivity index (χ1) is 19.2. The van der Waals surface area contributed by atoms with Crippen LogP contribution in [0.4, 0.5) is 20.3 Å². The molecule has 1 aliphatic heterocycles. The monoisotopic (exact) mass is 560 g/mol. The number of rotatable bonds is 6. The van der Waals surface area contributed by atoms with Crippen molar-refractivity contribution in [2.45, 2.75) is 39.3 Å². The highest BCUT2D eigenvalue weighted by Crippen LogP contribution is 2.40. The van der Waals surface area contributed by atoms with Gasteiger partial charge in [-0.25, -0.2) is 24.1 Å². The SMILES string of the molecule is CC(Nc1nccc(-c2sc(N3CCN(C(=O)OC(C)(C)C)CC3)nc2-c2cccc(F)c2)n1)c1ccccc1. The van der Waals surface area contributed by atoms with Crippen LogP contribution in [0, 0.1) is 5.82 Å². The van der Waals surface area contributed by atoms with Crippen molar-refractivity contribution in [1.29, 1.82) is 0 Å². The standard InChI is InChI=1S/C30H33FN6O2S/c1-20(21-9-6-5-7-10-21)33-27-32-14-13-24(34-27)26-25(22-11-8-12-23(31)19-22)35-28(40-26)36-15-17-37(18-16-36)29(38)39-30(2,3)4/h5-14,19-20H,15-18H2,1-4H3,(H,32,33,34). The van der Waals surface area contributed by atoms with E-state index in [1.165, 1.54) is 23.5 Å². The van der Waals surface area contributed by atoms with Crippen LogP contribution in [0.2, 0.25) is 0 Å². The number of carbonyl (C=O) groups is 1. The molecule has 0 aliphatic carbocycles. The maximum Gasteiger partial charge on any atom is 0.410 e. The van der Waals surface area contributed by atoms with Crippen LogP contribution in [0.5, 0.6) is 0 Å². The fourth-order valence-corrected chi connectivity index (χ4v) is 5.54. The molecule has 208 valence electrons. The highest BCUT2D eigenvalue weighted by Gasteiger charge is 2.28. The minimum Gasteiger partial charge on any atom is -0.444 e. The van der Waals surface area contributed by atoms with Crippen molar-refractivity contribution in [1.82, 2.24) is 19.9 Å². The fourth-order valence-electron chi connectivity index (χ4n) is 4.43. The molecular weight excluding hydrogens is 527 g/mol. The fraction of sp³-hybridized carbons (Fsp3) is 0.333. The third-order valence-electron chi connectivity index (χ3n) is 6.45. The number of piperazine rings is 1. The molecule has 5 rings (SSSR count). The molecule has 2 aromatic heterocycles. The molecule has 8 nitrogen and oxygen atoms in total. The van der Waals surface area contributed by atoms with Gasteiger partial charge in [-0.05, 0) is 51.5 Å². The van der Waals surface area contributed by atoms with Crippen molar-refractivity contribution in [2.75, 3.05) is 36.4 Å². The summed E-state index contributed by atoms with van der Waals surface area (Å²) < 4.78 is 19.8. The second-order valence-electron chi connectivity index (χ2n) is 10.7. The van der Waals surface area contributed by atoms with Crippen LogP contribution >= 0.6 is 11.3 Å². The van der Waals surface area contributed by atoms with Crippen LogP contribution in [-0.4, -0.2) is 57.7 Å². The lowest BCUT2D eigenvalue weighted by atomic mass is 10.1. The number of halogens is 1. The third kappa shape index (κ3) is 6.56. The number of hydrogen-bond donors (Lipinski definition) is 1. The van der Waals surface area contributed by atoms with Gasteiger partial charge < -0.3 is 19.9 Å². The number of aromatic nitrogens is 3. The highest BCUT2D eigenvalue weighted by molar-refractivity contribution is 7.19. The maximum atomic E-state index is 14.2. The molecule has 10 heteroatoms. The van der Waals surface area contributed by atoms with Crippen molar-refractivity contribution in [3.63, 3.8) is 0 Å². The largest absolute Gasteiger partial charge is 0.444 e. The Balaban J connectivity index is 1.41. The van der Waals surface area contributed by atoms with E-state index < -0.39 is 5.60 Å². The molecule has 1 amide bonds. The number of hydrogen-bond acceptors (Lipinski definition) is 8. The minimum atomic E-state index is -0.539. The van der Waals surface area contributed by atoms with E-state index >= 15 is 0 Å².